The van der Waals surface area contributed by atoms with Crippen molar-refractivity contribution in [1.29, 1.82) is 0 Å². The molecule has 1 aliphatic heterocycles. The van der Waals surface area contributed by atoms with Gasteiger partial charge in [-0.1, -0.05) is 0 Å². The molecule has 0 spiro atoms. The van der Waals surface area contributed by atoms with Gasteiger partial charge in [0.25, 0.3) is 0 Å². The summed E-state index contributed by atoms with van der Waals surface area (Å²) in [5.41, 5.74) is -0.662. The molecule has 1 aromatic heterocycles. The monoisotopic (exact) mass is 218 g/mol. The van der Waals surface area contributed by atoms with Crippen molar-refractivity contribution in [3.8, 4) is 0 Å². The average Bonchev–Trinajstić information content (AvgIpc) is 2.74. The summed E-state index contributed by atoms with van der Waals surface area (Å²) in [5.74, 6) is 0. The minimum absolute atomic E-state index is 0.457. The first-order valence-electron chi connectivity index (χ1n) is 4.27. The second kappa shape index (κ2) is 3.70. The van der Waals surface area contributed by atoms with Crippen LogP contribution in [-0.4, -0.2) is 60.4 Å². The maximum absolute atomic E-state index is 11.1. The van der Waals surface area contributed by atoms with Crippen LogP contribution in [0.2, 0.25) is 0 Å². The number of hydrogen-bond acceptors (Lipinski definition) is 7. The zero-order chi connectivity index (χ0) is 11.0. The van der Waals surface area contributed by atoms with Gasteiger partial charge in [0.15, 0.2) is 6.23 Å². The van der Waals surface area contributed by atoms with Crippen molar-refractivity contribution in [2.75, 3.05) is 6.61 Å². The Morgan fingerprint density at radius 3 is 2.67 bits per heavy atom. The van der Waals surface area contributed by atoms with E-state index in [1.54, 1.807) is 0 Å². The fourth-order valence-electron chi connectivity index (χ4n) is 1.45. The molecule has 9 heteroatoms. The van der Waals surface area contributed by atoms with Crippen LogP contribution in [0.1, 0.15) is 6.23 Å². The highest BCUT2D eigenvalue weighted by molar-refractivity contribution is 4.87. The summed E-state index contributed by atoms with van der Waals surface area (Å²) < 4.78 is 5.82. The van der Waals surface area contributed by atoms with Gasteiger partial charge in [-0.15, -0.1) is 0 Å². The third-order valence-corrected chi connectivity index (χ3v) is 2.25. The summed E-state index contributed by atoms with van der Waals surface area (Å²) in [5, 5.41) is 36.4. The van der Waals surface area contributed by atoms with E-state index < -0.39 is 36.8 Å². The van der Waals surface area contributed by atoms with E-state index in [2.05, 4.69) is 10.4 Å². The Bertz CT molecular complexity index is 389. The SMILES string of the molecule is O=c1[nH]nnn1[C@@H]1O[C@H](CO)[C@@H](O)[C@H]1O. The van der Waals surface area contributed by atoms with Crippen molar-refractivity contribution in [1.82, 2.24) is 20.2 Å². The van der Waals surface area contributed by atoms with Crippen molar-refractivity contribution < 1.29 is 20.1 Å². The molecule has 2 rings (SSSR count). The van der Waals surface area contributed by atoms with Crippen LogP contribution in [0.15, 0.2) is 4.79 Å². The first-order valence-corrected chi connectivity index (χ1v) is 4.27. The highest BCUT2D eigenvalue weighted by Crippen LogP contribution is 2.27. The average molecular weight is 218 g/mol. The minimum Gasteiger partial charge on any atom is -0.394 e. The molecule has 15 heavy (non-hydrogen) atoms. The van der Waals surface area contributed by atoms with Crippen molar-refractivity contribution in [2.24, 2.45) is 0 Å². The van der Waals surface area contributed by atoms with E-state index in [1.165, 1.54) is 0 Å². The highest BCUT2D eigenvalue weighted by atomic mass is 16.6. The predicted octanol–water partition coefficient (Wildman–Crippen LogP) is -3.42. The Labute approximate surface area is 82.9 Å². The summed E-state index contributed by atoms with van der Waals surface area (Å²) in [6.07, 6.45) is -4.66. The fourth-order valence-corrected chi connectivity index (χ4v) is 1.45. The van der Waals surface area contributed by atoms with Crippen molar-refractivity contribution >= 4 is 0 Å². The smallest absolute Gasteiger partial charge is 0.363 e. The van der Waals surface area contributed by atoms with Gasteiger partial charge in [-0.25, -0.2) is 9.89 Å². The number of aliphatic hydroxyl groups excluding tert-OH is 3. The van der Waals surface area contributed by atoms with Gasteiger partial charge >= 0.3 is 5.69 Å². The van der Waals surface area contributed by atoms with Gasteiger partial charge in [-0.2, -0.15) is 4.68 Å². The van der Waals surface area contributed by atoms with Crippen LogP contribution in [0, 0.1) is 0 Å². The number of nitrogens with one attached hydrogen (secondary N) is 1. The van der Waals surface area contributed by atoms with Gasteiger partial charge in [0.1, 0.15) is 18.3 Å². The number of nitrogens with zero attached hydrogens (tertiary/aromatic N) is 3. The number of tetrazole rings is 1. The Morgan fingerprint density at radius 2 is 2.20 bits per heavy atom. The number of aromatic nitrogens is 4. The molecule has 0 amide bonds. The number of hydrogen-bond donors (Lipinski definition) is 4. The summed E-state index contributed by atoms with van der Waals surface area (Å²) in [6.45, 7) is -0.457. The molecule has 84 valence electrons. The van der Waals surface area contributed by atoms with Crippen LogP contribution < -0.4 is 5.69 Å². The maximum atomic E-state index is 11.1. The van der Waals surface area contributed by atoms with E-state index in [9.17, 15) is 15.0 Å². The standard InChI is InChI=1S/C6H10N4O5/c11-1-2-3(12)4(13)5(15-2)10-6(14)7-8-9-10/h2-5,11-13H,1H2,(H,7,9,14)/t2-,3-,4-,5-/m1/s1. The summed E-state index contributed by atoms with van der Waals surface area (Å²) in [6, 6.07) is 0. The van der Waals surface area contributed by atoms with E-state index in [4.69, 9.17) is 9.84 Å². The lowest BCUT2D eigenvalue weighted by Gasteiger charge is -2.12. The summed E-state index contributed by atoms with van der Waals surface area (Å²) >= 11 is 0. The molecule has 1 fully saturated rings. The maximum Gasteiger partial charge on any atom is 0.363 e. The molecule has 1 aliphatic rings. The Kier molecular flexibility index (Phi) is 2.52. The molecule has 1 aromatic rings. The number of rotatable bonds is 2. The third kappa shape index (κ3) is 1.55. The van der Waals surface area contributed by atoms with E-state index >= 15 is 0 Å². The van der Waals surface area contributed by atoms with Crippen LogP contribution in [0.3, 0.4) is 0 Å². The number of aromatic amines is 1. The molecular formula is C6H10N4O5. The molecule has 9 nitrogen and oxygen atoms in total. The Hall–Kier alpha value is -1.29. The molecule has 4 atom stereocenters. The zero-order valence-electron chi connectivity index (χ0n) is 7.52. The highest BCUT2D eigenvalue weighted by Gasteiger charge is 2.44. The van der Waals surface area contributed by atoms with Crippen LogP contribution in [-0.2, 0) is 4.74 Å². The van der Waals surface area contributed by atoms with E-state index in [0.29, 0.717) is 0 Å². The predicted molar refractivity (Wildman–Crippen MR) is 43.7 cm³/mol. The summed E-state index contributed by atoms with van der Waals surface area (Å²) in [4.78, 5) is 11.1. The second-order valence-corrected chi connectivity index (χ2v) is 3.18. The lowest BCUT2D eigenvalue weighted by Crippen LogP contribution is -2.35. The number of H-pyrrole nitrogens is 1. The third-order valence-electron chi connectivity index (χ3n) is 2.25. The molecule has 0 aliphatic carbocycles. The second-order valence-electron chi connectivity index (χ2n) is 3.18. The van der Waals surface area contributed by atoms with Gasteiger partial charge in [0.05, 0.1) is 6.61 Å². The topological polar surface area (TPSA) is 133 Å². The molecule has 0 unspecified atom stereocenters. The van der Waals surface area contributed by atoms with Crippen molar-refractivity contribution in [3.63, 3.8) is 0 Å². The zero-order valence-corrected chi connectivity index (χ0v) is 7.52. The first kappa shape index (κ1) is 10.2. The van der Waals surface area contributed by atoms with E-state index in [-0.39, 0.29) is 0 Å². The van der Waals surface area contributed by atoms with Gasteiger partial charge < -0.3 is 20.1 Å². The van der Waals surface area contributed by atoms with E-state index in [0.717, 1.165) is 4.68 Å². The molecule has 1 saturated heterocycles. The molecule has 4 N–H and O–H groups in total. The molecule has 0 bridgehead atoms. The Morgan fingerprint density at radius 1 is 1.47 bits per heavy atom. The minimum atomic E-state index is -1.33. The first-order chi connectivity index (χ1) is 7.15. The lowest BCUT2D eigenvalue weighted by molar-refractivity contribution is -0.0610. The molecule has 0 saturated carbocycles. The van der Waals surface area contributed by atoms with Gasteiger partial charge in [0, 0.05) is 0 Å². The van der Waals surface area contributed by atoms with Crippen LogP contribution in [0.25, 0.3) is 0 Å². The van der Waals surface area contributed by atoms with Crippen LogP contribution in [0.5, 0.6) is 0 Å². The molecule has 0 aromatic carbocycles. The van der Waals surface area contributed by atoms with Crippen molar-refractivity contribution in [3.05, 3.63) is 10.5 Å². The number of aliphatic hydroxyl groups is 3. The molecule has 0 radical (unpaired) electrons. The van der Waals surface area contributed by atoms with Crippen LogP contribution in [0.4, 0.5) is 0 Å². The quantitative estimate of drug-likeness (QED) is 0.406. The largest absolute Gasteiger partial charge is 0.394 e. The fraction of sp³-hybridized carbons (Fsp3) is 0.833. The lowest BCUT2D eigenvalue weighted by atomic mass is 10.1. The molecule has 2 heterocycles. The van der Waals surface area contributed by atoms with E-state index in [1.807, 2.05) is 5.10 Å². The normalized spacial score (nSPS) is 35.9. The molecular weight excluding hydrogens is 208 g/mol. The van der Waals surface area contributed by atoms with Gasteiger partial charge in [-0.05, 0) is 10.4 Å². The summed E-state index contributed by atoms with van der Waals surface area (Å²) in [7, 11) is 0. The van der Waals surface area contributed by atoms with Crippen LogP contribution >= 0.6 is 0 Å². The Balaban J connectivity index is 2.26. The van der Waals surface area contributed by atoms with Gasteiger partial charge in [-0.3, -0.25) is 0 Å². The van der Waals surface area contributed by atoms with Crippen molar-refractivity contribution in [2.45, 2.75) is 24.5 Å². The number of ether oxygens (including phenoxy) is 1. The van der Waals surface area contributed by atoms with Gasteiger partial charge in [0.2, 0.25) is 0 Å².